The maximum Gasteiger partial charge on any atom is 0.517 e. The van der Waals surface area contributed by atoms with Gasteiger partial charge >= 0.3 is 18.0 Å². The van der Waals surface area contributed by atoms with Crippen LogP contribution in [0.15, 0.2) is 0 Å². The van der Waals surface area contributed by atoms with Gasteiger partial charge in [-0.2, -0.15) is 4.79 Å². The fourth-order valence-corrected chi connectivity index (χ4v) is 1.73. The molecule has 0 heterocycles. The molecule has 17 heavy (non-hydrogen) atoms. The lowest BCUT2D eigenvalue weighted by atomic mass is 10.2. The van der Waals surface area contributed by atoms with Crippen molar-refractivity contribution in [3.05, 3.63) is 0 Å². The minimum Gasteiger partial charge on any atom is -0.476 e. The van der Waals surface area contributed by atoms with Crippen molar-refractivity contribution in [2.24, 2.45) is 0 Å². The van der Waals surface area contributed by atoms with Crippen LogP contribution in [-0.4, -0.2) is 58.5 Å². The van der Waals surface area contributed by atoms with E-state index in [0.717, 1.165) is 0 Å². The fraction of sp³-hybridized carbons (Fsp3) is 0.700. The molecule has 0 unspecified atom stereocenters. The predicted octanol–water partition coefficient (Wildman–Crippen LogP) is 0.537. The summed E-state index contributed by atoms with van der Waals surface area (Å²) in [6.45, 7) is 4.84. The predicted molar refractivity (Wildman–Crippen MR) is 57.4 cm³/mol. The second kappa shape index (κ2) is 6.19. The van der Waals surface area contributed by atoms with E-state index in [4.69, 9.17) is 14.9 Å². The molecule has 0 aromatic carbocycles. The topological polar surface area (TPSA) is 101 Å². The van der Waals surface area contributed by atoms with E-state index in [9.17, 15) is 14.4 Å². The van der Waals surface area contributed by atoms with E-state index in [0.29, 0.717) is 0 Å². The van der Waals surface area contributed by atoms with Gasteiger partial charge in [0.1, 0.15) is 0 Å². The first-order chi connectivity index (χ1) is 7.87. The van der Waals surface area contributed by atoms with Gasteiger partial charge in [0, 0.05) is 0 Å². The van der Waals surface area contributed by atoms with Gasteiger partial charge < -0.3 is 14.9 Å². The Bertz CT molecular complexity index is 296. The van der Waals surface area contributed by atoms with E-state index in [1.165, 1.54) is 0 Å². The van der Waals surface area contributed by atoms with Gasteiger partial charge in [-0.05, 0) is 20.8 Å². The normalized spacial score (nSPS) is 11.3. The quantitative estimate of drug-likeness (QED) is 0.525. The molecule has 0 saturated heterocycles. The van der Waals surface area contributed by atoms with E-state index < -0.39 is 28.6 Å². The van der Waals surface area contributed by atoms with Crippen LogP contribution < -0.4 is 0 Å². The van der Waals surface area contributed by atoms with Crippen LogP contribution in [0, 0.1) is 0 Å². The first-order valence-corrected chi connectivity index (χ1v) is 5.37. The van der Waals surface area contributed by atoms with E-state index in [1.54, 1.807) is 20.8 Å². The Balaban J connectivity index is 5.50. The smallest absolute Gasteiger partial charge is 0.476 e. The third-order valence-electron chi connectivity index (χ3n) is 2.72. The van der Waals surface area contributed by atoms with E-state index in [2.05, 4.69) is 0 Å². The van der Waals surface area contributed by atoms with Crippen molar-refractivity contribution < 1.29 is 33.8 Å². The van der Waals surface area contributed by atoms with Gasteiger partial charge in [-0.3, -0.25) is 0 Å². The molecular weight excluding hydrogens is 230 g/mol. The number of quaternary nitrogens is 1. The number of amides is 1. The van der Waals surface area contributed by atoms with Gasteiger partial charge in [-0.15, -0.1) is 0 Å². The third kappa shape index (κ3) is 2.94. The molecule has 2 N–H and O–H groups in total. The molecule has 0 aliphatic rings. The monoisotopic (exact) mass is 248 g/mol. The average molecular weight is 248 g/mol. The van der Waals surface area contributed by atoms with Crippen LogP contribution in [-0.2, 0) is 14.3 Å². The molecule has 7 heteroatoms. The van der Waals surface area contributed by atoms with Crippen LogP contribution in [0.2, 0.25) is 0 Å². The van der Waals surface area contributed by atoms with Crippen molar-refractivity contribution in [1.82, 2.24) is 0 Å². The number of hydrogen-bond donors (Lipinski definition) is 2. The van der Waals surface area contributed by atoms with Crippen LogP contribution in [0.25, 0.3) is 0 Å². The molecule has 0 atom stereocenters. The van der Waals surface area contributed by atoms with Crippen LogP contribution in [0.4, 0.5) is 4.79 Å². The minimum atomic E-state index is -1.84. The SMILES string of the molecule is CCOC(=O)[N+](CC)(CC)C(C(=O)O)C(=O)O. The number of rotatable bonds is 6. The molecule has 0 aliphatic carbocycles. The molecule has 0 spiro atoms. The molecule has 7 nitrogen and oxygen atoms in total. The first kappa shape index (κ1) is 15.4. The van der Waals surface area contributed by atoms with Crippen LogP contribution in [0.1, 0.15) is 20.8 Å². The lowest BCUT2D eigenvalue weighted by Crippen LogP contribution is -2.65. The summed E-state index contributed by atoms with van der Waals surface area (Å²) in [5.74, 6) is -3.09. The minimum absolute atomic E-state index is 0.0403. The zero-order valence-corrected chi connectivity index (χ0v) is 10.2. The maximum absolute atomic E-state index is 11.8. The number of aliphatic carboxylic acids is 2. The summed E-state index contributed by atoms with van der Waals surface area (Å²) in [7, 11) is 0. The van der Waals surface area contributed by atoms with Gasteiger partial charge in [-0.1, -0.05) is 0 Å². The number of carboxylic acids is 2. The van der Waals surface area contributed by atoms with Gasteiger partial charge in [0.25, 0.3) is 6.04 Å². The van der Waals surface area contributed by atoms with Crippen molar-refractivity contribution in [3.8, 4) is 0 Å². The molecule has 0 radical (unpaired) electrons. The second-order valence-corrected chi connectivity index (χ2v) is 3.44. The highest BCUT2D eigenvalue weighted by atomic mass is 16.6. The molecule has 0 fully saturated rings. The number of ether oxygens (including phenoxy) is 1. The molecular formula is C10H18NO6+. The average Bonchev–Trinajstić information content (AvgIpc) is 2.24. The van der Waals surface area contributed by atoms with Crippen molar-refractivity contribution in [2.45, 2.75) is 26.8 Å². The molecule has 0 aromatic heterocycles. The maximum atomic E-state index is 11.8. The number of hydrogen-bond acceptors (Lipinski definition) is 4. The van der Waals surface area contributed by atoms with Gasteiger partial charge in [0.2, 0.25) is 0 Å². The number of carbonyl (C=O) groups is 3. The molecule has 0 bridgehead atoms. The highest BCUT2D eigenvalue weighted by molar-refractivity contribution is 5.97. The zero-order chi connectivity index (χ0) is 13.6. The summed E-state index contributed by atoms with van der Waals surface area (Å²) in [6.07, 6.45) is -0.827. The van der Waals surface area contributed by atoms with Crippen molar-refractivity contribution in [3.63, 3.8) is 0 Å². The molecule has 0 rings (SSSR count). The Morgan fingerprint density at radius 3 is 1.71 bits per heavy atom. The van der Waals surface area contributed by atoms with Gasteiger partial charge in [0.15, 0.2) is 0 Å². The summed E-state index contributed by atoms with van der Waals surface area (Å²) in [6, 6.07) is -1.84. The van der Waals surface area contributed by atoms with Gasteiger partial charge in [0.05, 0.1) is 19.7 Å². The Kier molecular flexibility index (Phi) is 5.60. The zero-order valence-electron chi connectivity index (χ0n) is 10.2. The van der Waals surface area contributed by atoms with Crippen LogP contribution >= 0.6 is 0 Å². The molecule has 0 saturated carbocycles. The fourth-order valence-electron chi connectivity index (χ4n) is 1.73. The van der Waals surface area contributed by atoms with Crippen LogP contribution in [0.5, 0.6) is 0 Å². The van der Waals surface area contributed by atoms with Gasteiger partial charge in [-0.25, -0.2) is 14.1 Å². The Morgan fingerprint density at radius 2 is 1.47 bits per heavy atom. The van der Waals surface area contributed by atoms with E-state index in [1.807, 2.05) is 0 Å². The summed E-state index contributed by atoms with van der Waals surface area (Å²) < 4.78 is 4.03. The lowest BCUT2D eigenvalue weighted by molar-refractivity contribution is -0.862. The largest absolute Gasteiger partial charge is 0.517 e. The van der Waals surface area contributed by atoms with E-state index in [-0.39, 0.29) is 19.7 Å². The highest BCUT2D eigenvalue weighted by Gasteiger charge is 2.52. The summed E-state index contributed by atoms with van der Waals surface area (Å²) >= 11 is 0. The Morgan fingerprint density at radius 1 is 1.06 bits per heavy atom. The Labute approximate surface area is 99.2 Å². The summed E-state index contributed by atoms with van der Waals surface area (Å²) in [5, 5.41) is 17.9. The molecule has 1 amide bonds. The number of carboxylic acid groups (broad SMARTS) is 2. The molecule has 98 valence electrons. The van der Waals surface area contributed by atoms with Crippen LogP contribution in [0.3, 0.4) is 0 Å². The number of carbonyl (C=O) groups excluding carboxylic acids is 1. The molecule has 0 aromatic rings. The molecule has 0 aliphatic heterocycles. The standard InChI is InChI=1S/C10H17NO6/c1-4-11(5-2,10(16)17-6-3)7(8(12)13)9(14)15/h7H,4-6H2,1-3H3,(H-,12,13,14,15)/p+1. The van der Waals surface area contributed by atoms with Crippen molar-refractivity contribution in [2.75, 3.05) is 19.7 Å². The second-order valence-electron chi connectivity index (χ2n) is 3.44. The highest BCUT2D eigenvalue weighted by Crippen LogP contribution is 2.17. The summed E-state index contributed by atoms with van der Waals surface area (Å²) in [5.41, 5.74) is 0. The summed E-state index contributed by atoms with van der Waals surface area (Å²) in [4.78, 5) is 33.8. The van der Waals surface area contributed by atoms with Crippen molar-refractivity contribution in [1.29, 1.82) is 0 Å². The lowest BCUT2D eigenvalue weighted by Gasteiger charge is -2.34. The number of likely N-dealkylation sites (N-methyl/N-ethyl adjacent to an activating group) is 1. The van der Waals surface area contributed by atoms with E-state index >= 15 is 0 Å². The Hall–Kier alpha value is -1.63. The first-order valence-electron chi connectivity index (χ1n) is 5.37. The van der Waals surface area contributed by atoms with Crippen molar-refractivity contribution >= 4 is 18.0 Å². The number of nitrogens with zero attached hydrogens (tertiary/aromatic N) is 1. The third-order valence-corrected chi connectivity index (χ3v) is 2.72.